The highest BCUT2D eigenvalue weighted by atomic mass is 32.5. The van der Waals surface area contributed by atoms with Crippen molar-refractivity contribution in [1.29, 1.82) is 0 Å². The predicted molar refractivity (Wildman–Crippen MR) is 101 cm³/mol. The van der Waals surface area contributed by atoms with Crippen LogP contribution in [0.3, 0.4) is 0 Å². The Morgan fingerprint density at radius 1 is 1.15 bits per heavy atom. The molecule has 142 valence electrons. The van der Waals surface area contributed by atoms with Crippen LogP contribution in [0.5, 0.6) is 5.75 Å². The van der Waals surface area contributed by atoms with Gasteiger partial charge < -0.3 is 13.7 Å². The third-order valence-corrected chi connectivity index (χ3v) is 5.85. The standard InChI is InChI=1S/C17H21O7PS/c1-5-20-16(18)15-11(4)13-9-8-12(10-14(13)23-17(15)19)24-25(26,21-6-2)22-7-3/h8-10H,5-7H2,1-4H3. The quantitative estimate of drug-likeness (QED) is 0.374. The third-order valence-electron chi connectivity index (χ3n) is 3.41. The van der Waals surface area contributed by atoms with Gasteiger partial charge in [-0.2, -0.15) is 0 Å². The SMILES string of the molecule is CCOC(=O)c1c(C)c2ccc(OP(=S)(OCC)OCC)cc2oc1=O. The second-order valence-corrected chi connectivity index (χ2v) is 8.08. The minimum atomic E-state index is -2.94. The van der Waals surface area contributed by atoms with Gasteiger partial charge in [0.2, 0.25) is 0 Å². The van der Waals surface area contributed by atoms with E-state index < -0.39 is 18.3 Å². The maximum Gasteiger partial charge on any atom is 0.380 e. The van der Waals surface area contributed by atoms with E-state index in [-0.39, 0.29) is 17.8 Å². The second-order valence-electron chi connectivity index (χ2n) is 5.14. The lowest BCUT2D eigenvalue weighted by atomic mass is 10.1. The molecule has 0 unspecified atom stereocenters. The molecule has 0 radical (unpaired) electrons. The van der Waals surface area contributed by atoms with Crippen LogP contribution in [0.4, 0.5) is 0 Å². The molecule has 0 spiro atoms. The lowest BCUT2D eigenvalue weighted by Crippen LogP contribution is -2.18. The average Bonchev–Trinajstić information content (AvgIpc) is 2.55. The Kier molecular flexibility index (Phi) is 6.94. The smallest absolute Gasteiger partial charge is 0.380 e. The van der Waals surface area contributed by atoms with Gasteiger partial charge in [0.05, 0.1) is 19.8 Å². The van der Waals surface area contributed by atoms with Gasteiger partial charge in [-0.15, -0.1) is 0 Å². The first kappa shape index (κ1) is 20.6. The van der Waals surface area contributed by atoms with Gasteiger partial charge in [-0.1, -0.05) is 0 Å². The minimum absolute atomic E-state index is 0.109. The van der Waals surface area contributed by atoms with Gasteiger partial charge in [0.15, 0.2) is 0 Å². The fourth-order valence-corrected chi connectivity index (χ4v) is 4.44. The van der Waals surface area contributed by atoms with Crippen molar-refractivity contribution in [2.45, 2.75) is 27.7 Å². The number of esters is 1. The van der Waals surface area contributed by atoms with Gasteiger partial charge in [-0.25, -0.2) is 9.59 Å². The van der Waals surface area contributed by atoms with Crippen LogP contribution in [-0.2, 0) is 25.6 Å². The maximum atomic E-state index is 12.2. The average molecular weight is 400 g/mol. The Hall–Kier alpha value is -1.73. The van der Waals surface area contributed by atoms with Gasteiger partial charge in [0.1, 0.15) is 16.9 Å². The first-order valence-electron chi connectivity index (χ1n) is 8.18. The molecule has 7 nitrogen and oxygen atoms in total. The molecule has 2 aromatic rings. The molecular weight excluding hydrogens is 379 g/mol. The first-order chi connectivity index (χ1) is 12.3. The number of aryl methyl sites for hydroxylation is 1. The van der Waals surface area contributed by atoms with E-state index in [2.05, 4.69) is 0 Å². The highest BCUT2D eigenvalue weighted by Crippen LogP contribution is 2.50. The van der Waals surface area contributed by atoms with Gasteiger partial charge >= 0.3 is 18.3 Å². The van der Waals surface area contributed by atoms with Gasteiger partial charge in [-0.05, 0) is 45.4 Å². The van der Waals surface area contributed by atoms with E-state index in [0.717, 1.165) is 0 Å². The summed E-state index contributed by atoms with van der Waals surface area (Å²) in [6.07, 6.45) is 0. The molecule has 0 N–H and O–H groups in total. The summed E-state index contributed by atoms with van der Waals surface area (Å²) in [5, 5.41) is 0.598. The van der Waals surface area contributed by atoms with Crippen molar-refractivity contribution in [1.82, 2.24) is 0 Å². The number of carbonyl (C=O) groups excluding carboxylic acids is 1. The van der Waals surface area contributed by atoms with Gasteiger partial charge in [0.25, 0.3) is 0 Å². The lowest BCUT2D eigenvalue weighted by molar-refractivity contribution is 0.0521. The van der Waals surface area contributed by atoms with Crippen LogP contribution in [0.1, 0.15) is 36.7 Å². The van der Waals surface area contributed by atoms with Crippen LogP contribution < -0.4 is 10.1 Å². The van der Waals surface area contributed by atoms with Crippen molar-refractivity contribution in [2.24, 2.45) is 0 Å². The lowest BCUT2D eigenvalue weighted by Gasteiger charge is -2.21. The Morgan fingerprint density at radius 3 is 2.38 bits per heavy atom. The summed E-state index contributed by atoms with van der Waals surface area (Å²) in [6.45, 7) is 4.85. The molecule has 1 heterocycles. The van der Waals surface area contributed by atoms with Crippen molar-refractivity contribution in [2.75, 3.05) is 19.8 Å². The number of carbonyl (C=O) groups is 1. The highest BCUT2D eigenvalue weighted by molar-refractivity contribution is 8.07. The van der Waals surface area contributed by atoms with E-state index in [1.165, 1.54) is 6.07 Å². The summed E-state index contributed by atoms with van der Waals surface area (Å²) in [5.74, 6) is -0.349. The summed E-state index contributed by atoms with van der Waals surface area (Å²) in [6, 6.07) is 4.87. The van der Waals surface area contributed by atoms with Crippen molar-refractivity contribution in [3.8, 4) is 5.75 Å². The fourth-order valence-electron chi connectivity index (χ4n) is 2.37. The Morgan fingerprint density at radius 2 is 1.81 bits per heavy atom. The predicted octanol–water partition coefficient (Wildman–Crippen LogP) is 3.95. The molecule has 0 bridgehead atoms. The molecule has 26 heavy (non-hydrogen) atoms. The number of hydrogen-bond acceptors (Lipinski definition) is 8. The van der Waals surface area contributed by atoms with E-state index in [4.69, 9.17) is 34.5 Å². The molecule has 0 atom stereocenters. The van der Waals surface area contributed by atoms with Gasteiger partial charge in [-0.3, -0.25) is 9.05 Å². The molecule has 1 aromatic heterocycles. The molecule has 0 aliphatic carbocycles. The summed E-state index contributed by atoms with van der Waals surface area (Å²) in [5.41, 5.74) is -0.121. The zero-order valence-electron chi connectivity index (χ0n) is 15.1. The third kappa shape index (κ3) is 4.51. The molecule has 0 fully saturated rings. The highest BCUT2D eigenvalue weighted by Gasteiger charge is 2.23. The van der Waals surface area contributed by atoms with Crippen molar-refractivity contribution >= 4 is 35.5 Å². The monoisotopic (exact) mass is 400 g/mol. The minimum Gasteiger partial charge on any atom is -0.462 e. The molecule has 0 aliphatic heterocycles. The van der Waals surface area contributed by atoms with E-state index >= 15 is 0 Å². The summed E-state index contributed by atoms with van der Waals surface area (Å²) in [7, 11) is 0. The zero-order chi connectivity index (χ0) is 19.3. The molecule has 1 aromatic carbocycles. The van der Waals surface area contributed by atoms with E-state index in [0.29, 0.717) is 29.9 Å². The Labute approximate surface area is 156 Å². The number of benzene rings is 1. The summed E-state index contributed by atoms with van der Waals surface area (Å²) >= 11 is 5.33. The van der Waals surface area contributed by atoms with Crippen LogP contribution in [0.15, 0.2) is 27.4 Å². The maximum absolute atomic E-state index is 12.2. The number of ether oxygens (including phenoxy) is 1. The molecule has 0 aliphatic rings. The molecule has 2 rings (SSSR count). The zero-order valence-corrected chi connectivity index (χ0v) is 16.8. The Bertz CT molecular complexity index is 896. The van der Waals surface area contributed by atoms with Crippen LogP contribution in [0.2, 0.25) is 0 Å². The van der Waals surface area contributed by atoms with Crippen molar-refractivity contribution in [3.63, 3.8) is 0 Å². The first-order valence-corrected chi connectivity index (χ1v) is 10.7. The summed E-state index contributed by atoms with van der Waals surface area (Å²) in [4.78, 5) is 24.2. The van der Waals surface area contributed by atoms with E-state index in [1.807, 2.05) is 0 Å². The van der Waals surface area contributed by atoms with Crippen LogP contribution in [0.25, 0.3) is 11.0 Å². The number of fused-ring (bicyclic) bond motifs is 1. The Balaban J connectivity index is 2.46. The van der Waals surface area contributed by atoms with Crippen LogP contribution in [0, 0.1) is 6.92 Å². The fraction of sp³-hybridized carbons (Fsp3) is 0.412. The van der Waals surface area contributed by atoms with Crippen molar-refractivity contribution < 1.29 is 27.5 Å². The van der Waals surface area contributed by atoms with Crippen LogP contribution >= 0.6 is 6.72 Å². The van der Waals surface area contributed by atoms with Gasteiger partial charge in [0, 0.05) is 23.3 Å². The molecular formula is C17H21O7PS. The number of rotatable bonds is 8. The van der Waals surface area contributed by atoms with E-state index in [9.17, 15) is 9.59 Å². The normalized spacial score (nSPS) is 11.5. The molecule has 0 saturated heterocycles. The summed E-state index contributed by atoms with van der Waals surface area (Å²) < 4.78 is 26.8. The number of hydrogen-bond donors (Lipinski definition) is 0. The largest absolute Gasteiger partial charge is 0.462 e. The second kappa shape index (κ2) is 8.77. The van der Waals surface area contributed by atoms with E-state index in [1.54, 1.807) is 39.8 Å². The molecule has 0 saturated carbocycles. The molecule has 0 amide bonds. The topological polar surface area (TPSA) is 84.2 Å². The van der Waals surface area contributed by atoms with Crippen LogP contribution in [-0.4, -0.2) is 25.8 Å². The molecule has 9 heteroatoms. The van der Waals surface area contributed by atoms with Crippen molar-refractivity contribution in [3.05, 3.63) is 39.7 Å².